The summed E-state index contributed by atoms with van der Waals surface area (Å²) < 4.78 is 17.8. The molecule has 3 aliphatic heterocycles. The predicted molar refractivity (Wildman–Crippen MR) is 148 cm³/mol. The summed E-state index contributed by atoms with van der Waals surface area (Å²) in [7, 11) is 1.64. The van der Waals surface area contributed by atoms with Crippen molar-refractivity contribution in [2.75, 3.05) is 13.7 Å². The number of aliphatic hydroxyl groups excluding tert-OH is 1. The van der Waals surface area contributed by atoms with E-state index in [1.54, 1.807) is 19.3 Å². The molecule has 3 rings (SSSR count). The van der Waals surface area contributed by atoms with Crippen LogP contribution in [0, 0.1) is 5.92 Å². The Kier molecular flexibility index (Phi) is 12.1. The molecule has 3 aliphatic rings. The van der Waals surface area contributed by atoms with E-state index in [1.807, 2.05) is 24.3 Å². The van der Waals surface area contributed by atoms with Gasteiger partial charge in [-0.1, -0.05) is 73.3 Å². The molecule has 0 saturated heterocycles. The third-order valence-electron chi connectivity index (χ3n) is 7.08. The number of carbonyl (C=O) groups excluding carboxylic acids is 1. The normalized spacial score (nSPS) is 33.5. The largest absolute Gasteiger partial charge is 0.389 e. The molecule has 0 saturated carbocycles. The van der Waals surface area contributed by atoms with Gasteiger partial charge in [0.2, 0.25) is 5.91 Å². The van der Waals surface area contributed by atoms with Crippen LogP contribution in [0.3, 0.4) is 0 Å². The maximum absolute atomic E-state index is 12.8. The number of nitrogens with one attached hydrogen (secondary N) is 1. The molecule has 6 heteroatoms. The minimum atomic E-state index is -0.616. The highest BCUT2D eigenvalue weighted by Gasteiger charge is 2.23. The molecule has 0 aromatic carbocycles. The molecule has 0 radical (unpaired) electrons. The third-order valence-corrected chi connectivity index (χ3v) is 7.08. The Balaban J connectivity index is 1.73. The number of carbonyl (C=O) groups is 1. The van der Waals surface area contributed by atoms with Crippen LogP contribution < -0.4 is 5.32 Å². The Hall–Kier alpha value is -2.25. The zero-order valence-corrected chi connectivity index (χ0v) is 22.7. The molecule has 3 heterocycles. The number of methoxy groups -OCH3 is 1. The summed E-state index contributed by atoms with van der Waals surface area (Å²) in [6.07, 6.45) is 21.9. The highest BCUT2D eigenvalue weighted by atomic mass is 16.5. The van der Waals surface area contributed by atoms with Gasteiger partial charge in [-0.15, -0.1) is 0 Å². The van der Waals surface area contributed by atoms with Gasteiger partial charge in [-0.25, -0.2) is 0 Å². The fourth-order valence-electron chi connectivity index (χ4n) is 5.19. The SMILES string of the molecule is C=C1C[C@H](C)C[C@@H]2CC=C[C@@H](CC=CC(=O)N[C@H]([C@H](C=C[C@@H]3CC(C)=CCO3)OC)CC=C[C@@H](O)C1)O2. The summed E-state index contributed by atoms with van der Waals surface area (Å²) in [4.78, 5) is 12.8. The molecule has 1 amide bonds. The van der Waals surface area contributed by atoms with Crippen LogP contribution in [0.1, 0.15) is 58.8 Å². The lowest BCUT2D eigenvalue weighted by Gasteiger charge is -2.28. The van der Waals surface area contributed by atoms with Crippen molar-refractivity contribution in [1.82, 2.24) is 5.32 Å². The number of amides is 1. The molecule has 7 atom stereocenters. The molecule has 0 aromatic rings. The quantitative estimate of drug-likeness (QED) is 0.512. The van der Waals surface area contributed by atoms with Crippen molar-refractivity contribution >= 4 is 5.91 Å². The average Bonchev–Trinajstić information content (AvgIpc) is 2.83. The molecular weight excluding hydrogens is 466 g/mol. The molecule has 204 valence electrons. The number of rotatable bonds is 4. The lowest BCUT2D eigenvalue weighted by molar-refractivity contribution is -0.117. The Morgan fingerprint density at radius 2 is 1.97 bits per heavy atom. The Morgan fingerprint density at radius 1 is 1.16 bits per heavy atom. The van der Waals surface area contributed by atoms with Crippen LogP contribution in [0.25, 0.3) is 0 Å². The predicted octanol–water partition coefficient (Wildman–Crippen LogP) is 5.12. The summed E-state index contributed by atoms with van der Waals surface area (Å²) in [5.41, 5.74) is 2.34. The minimum absolute atomic E-state index is 0.00407. The van der Waals surface area contributed by atoms with Crippen LogP contribution in [0.15, 0.2) is 72.4 Å². The van der Waals surface area contributed by atoms with Crippen LogP contribution in [-0.4, -0.2) is 61.3 Å². The van der Waals surface area contributed by atoms with E-state index in [-0.39, 0.29) is 36.4 Å². The third kappa shape index (κ3) is 10.6. The van der Waals surface area contributed by atoms with Crippen molar-refractivity contribution in [3.05, 3.63) is 72.4 Å². The molecule has 37 heavy (non-hydrogen) atoms. The average molecular weight is 512 g/mol. The summed E-state index contributed by atoms with van der Waals surface area (Å²) in [5.74, 6) is 0.244. The Morgan fingerprint density at radius 3 is 2.76 bits per heavy atom. The molecule has 2 N–H and O–H groups in total. The van der Waals surface area contributed by atoms with E-state index in [9.17, 15) is 9.90 Å². The van der Waals surface area contributed by atoms with Crippen LogP contribution in [0.5, 0.6) is 0 Å². The van der Waals surface area contributed by atoms with Crippen LogP contribution in [0.4, 0.5) is 0 Å². The summed E-state index contributed by atoms with van der Waals surface area (Å²) in [6, 6.07) is -0.306. The lowest BCUT2D eigenvalue weighted by atomic mass is 9.91. The number of hydrogen-bond donors (Lipinski definition) is 2. The van der Waals surface area contributed by atoms with Crippen LogP contribution in [0.2, 0.25) is 0 Å². The lowest BCUT2D eigenvalue weighted by Crippen LogP contribution is -2.42. The van der Waals surface area contributed by atoms with Crippen LogP contribution in [-0.2, 0) is 19.0 Å². The van der Waals surface area contributed by atoms with Gasteiger partial charge in [-0.3, -0.25) is 4.79 Å². The van der Waals surface area contributed by atoms with E-state index in [1.165, 1.54) is 5.57 Å². The van der Waals surface area contributed by atoms with E-state index < -0.39 is 6.10 Å². The van der Waals surface area contributed by atoms with Crippen molar-refractivity contribution in [1.29, 1.82) is 0 Å². The van der Waals surface area contributed by atoms with Gasteiger partial charge in [0.15, 0.2) is 0 Å². The van der Waals surface area contributed by atoms with Gasteiger partial charge in [0.1, 0.15) is 0 Å². The van der Waals surface area contributed by atoms with Gasteiger partial charge in [0, 0.05) is 7.11 Å². The van der Waals surface area contributed by atoms with E-state index in [4.69, 9.17) is 14.2 Å². The van der Waals surface area contributed by atoms with Crippen LogP contribution >= 0.6 is 0 Å². The molecule has 6 nitrogen and oxygen atoms in total. The molecule has 2 bridgehead atoms. The second kappa shape index (κ2) is 15.2. The Bertz CT molecular complexity index is 901. The van der Waals surface area contributed by atoms with Gasteiger partial charge in [-0.2, -0.15) is 0 Å². The van der Waals surface area contributed by atoms with Gasteiger partial charge in [-0.05, 0) is 63.9 Å². The number of hydrogen-bond acceptors (Lipinski definition) is 5. The van der Waals surface area contributed by atoms with E-state index >= 15 is 0 Å². The topological polar surface area (TPSA) is 77.0 Å². The van der Waals surface area contributed by atoms with Gasteiger partial charge < -0.3 is 24.6 Å². The maximum Gasteiger partial charge on any atom is 0.243 e. The van der Waals surface area contributed by atoms with Gasteiger partial charge in [0.05, 0.1) is 43.2 Å². The minimum Gasteiger partial charge on any atom is -0.389 e. The second-order valence-corrected chi connectivity index (χ2v) is 10.7. The van der Waals surface area contributed by atoms with Crippen molar-refractivity contribution in [2.24, 2.45) is 5.92 Å². The number of fused-ring (bicyclic) bond motifs is 2. The fraction of sp³-hybridized carbons (Fsp3) is 0.581. The maximum atomic E-state index is 12.8. The standard InChI is InChI=1S/C31H45NO5/c1-22-16-17-36-27(20-22)14-15-30(35-4)29-12-5-8-25(33)19-23(2)18-24(3)21-28-11-6-9-26(37-28)10-7-13-31(34)32-29/h5-9,13-16,24-30,33H,2,10-12,17-21H2,1,3-4H3,(H,32,34)/t24-,25+,26-,27+,28-,29-,30-/m0/s1. The van der Waals surface area contributed by atoms with Crippen molar-refractivity contribution in [3.63, 3.8) is 0 Å². The smallest absolute Gasteiger partial charge is 0.243 e. The monoisotopic (exact) mass is 511 g/mol. The second-order valence-electron chi connectivity index (χ2n) is 10.7. The van der Waals surface area contributed by atoms with Crippen molar-refractivity contribution < 1.29 is 24.1 Å². The number of aliphatic hydroxyl groups is 1. The first-order chi connectivity index (χ1) is 17.8. The highest BCUT2D eigenvalue weighted by molar-refractivity contribution is 5.87. The summed E-state index contributed by atoms with van der Waals surface area (Å²) >= 11 is 0. The molecule has 0 spiro atoms. The van der Waals surface area contributed by atoms with Gasteiger partial charge in [0.25, 0.3) is 0 Å². The Labute approximate surface area is 222 Å². The molecule has 0 aromatic heterocycles. The molecule has 0 fully saturated rings. The molecular formula is C31H45NO5. The van der Waals surface area contributed by atoms with E-state index in [0.717, 1.165) is 31.3 Å². The van der Waals surface area contributed by atoms with Gasteiger partial charge >= 0.3 is 0 Å². The van der Waals surface area contributed by atoms with E-state index in [0.29, 0.717) is 31.8 Å². The first kappa shape index (κ1) is 29.3. The summed E-state index contributed by atoms with van der Waals surface area (Å²) in [5, 5.41) is 13.7. The molecule has 0 aliphatic carbocycles. The first-order valence-corrected chi connectivity index (χ1v) is 13.6. The van der Waals surface area contributed by atoms with E-state index in [2.05, 4.69) is 44.0 Å². The number of ether oxygens (including phenoxy) is 3. The fourth-order valence-corrected chi connectivity index (χ4v) is 5.19. The zero-order valence-electron chi connectivity index (χ0n) is 22.7. The van der Waals surface area contributed by atoms with Crippen molar-refractivity contribution in [2.45, 2.75) is 95.4 Å². The van der Waals surface area contributed by atoms with Crippen molar-refractivity contribution in [3.8, 4) is 0 Å². The first-order valence-electron chi connectivity index (χ1n) is 13.6. The summed E-state index contributed by atoms with van der Waals surface area (Å²) in [6.45, 7) is 9.13. The zero-order chi connectivity index (χ0) is 26.6. The molecule has 0 unspecified atom stereocenters. The highest BCUT2D eigenvalue weighted by Crippen LogP contribution is 2.26.